The lowest BCUT2D eigenvalue weighted by atomic mass is 9.93. The topological polar surface area (TPSA) is 79.7 Å². The van der Waals surface area contributed by atoms with E-state index in [1.807, 2.05) is 64.1 Å². The molecule has 29 heavy (non-hydrogen) atoms. The maximum absolute atomic E-state index is 10.8. The Kier molecular flexibility index (Phi) is 5.87. The molecule has 3 rings (SSSR count). The maximum atomic E-state index is 10.8. The van der Waals surface area contributed by atoms with Gasteiger partial charge in [0.05, 0.1) is 0 Å². The van der Waals surface area contributed by atoms with Crippen LogP contribution in [-0.4, -0.2) is 27.8 Å². The number of hydrogen-bond acceptors (Lipinski definition) is 4. The first kappa shape index (κ1) is 20.4. The van der Waals surface area contributed by atoms with E-state index in [1.54, 1.807) is 6.07 Å². The Labute approximate surface area is 170 Å². The molecule has 0 unspecified atom stereocenters. The third-order valence-corrected chi connectivity index (χ3v) is 5.14. The molecule has 3 aromatic rings. The first-order valence-corrected chi connectivity index (χ1v) is 9.46. The van der Waals surface area contributed by atoms with Crippen molar-refractivity contribution in [3.05, 3.63) is 76.0 Å². The van der Waals surface area contributed by atoms with Gasteiger partial charge in [-0.25, -0.2) is 9.78 Å². The summed E-state index contributed by atoms with van der Waals surface area (Å²) < 4.78 is 5.42. The molecule has 0 aliphatic carbocycles. The molecule has 1 aromatic heterocycles. The predicted octanol–water partition coefficient (Wildman–Crippen LogP) is 4.74. The van der Waals surface area contributed by atoms with E-state index in [0.29, 0.717) is 17.9 Å². The summed E-state index contributed by atoms with van der Waals surface area (Å²) in [4.78, 5) is 15.5. The second-order valence-corrected chi connectivity index (χ2v) is 7.32. The number of hydrogen-bond donors (Lipinski definition) is 2. The molecule has 0 spiro atoms. The minimum absolute atomic E-state index is 0.154. The van der Waals surface area contributed by atoms with Crippen molar-refractivity contribution in [1.82, 2.24) is 4.98 Å². The number of aromatic hydroxyl groups is 1. The van der Waals surface area contributed by atoms with Crippen LogP contribution in [0.25, 0.3) is 11.3 Å². The second kappa shape index (κ2) is 8.35. The fraction of sp³-hybridized carbons (Fsp3) is 0.250. The number of aromatic nitrogens is 1. The molecule has 2 aromatic carbocycles. The largest absolute Gasteiger partial charge is 0.506 e. The highest BCUT2D eigenvalue weighted by atomic mass is 16.5. The number of nitrogens with zero attached hydrogens (tertiary/aromatic N) is 1. The summed E-state index contributed by atoms with van der Waals surface area (Å²) in [5.41, 5.74) is 7.52. The molecular weight excluding hydrogens is 366 g/mol. The molecule has 0 aliphatic heterocycles. The van der Waals surface area contributed by atoms with E-state index < -0.39 is 5.97 Å². The van der Waals surface area contributed by atoms with Crippen LogP contribution in [-0.2, 0) is 11.2 Å². The molecule has 2 N–H and O–H groups in total. The first-order chi connectivity index (χ1) is 13.8. The van der Waals surface area contributed by atoms with Crippen molar-refractivity contribution >= 4 is 5.97 Å². The van der Waals surface area contributed by atoms with Gasteiger partial charge in [0.1, 0.15) is 17.2 Å². The van der Waals surface area contributed by atoms with Gasteiger partial charge in [-0.1, -0.05) is 23.8 Å². The Bertz CT molecular complexity index is 1070. The van der Waals surface area contributed by atoms with Gasteiger partial charge in [0.25, 0.3) is 0 Å². The maximum Gasteiger partial charge on any atom is 0.341 e. The molecule has 0 atom stereocenters. The number of carboxylic acid groups (broad SMARTS) is 1. The van der Waals surface area contributed by atoms with E-state index in [-0.39, 0.29) is 12.4 Å². The fourth-order valence-electron chi connectivity index (χ4n) is 3.44. The lowest BCUT2D eigenvalue weighted by molar-refractivity contribution is -0.139. The standard InChI is InChI=1S/C24H25NO4/c1-14-6-5-7-18(10-14)24-21(26)9-8-19(25-24)12-20-15(2)11-22(17(4)16(20)3)29-13-23(27)28/h5-11,26H,12-13H2,1-4H3,(H,27,28). The van der Waals surface area contributed by atoms with E-state index in [0.717, 1.165) is 39.1 Å². The molecule has 5 heteroatoms. The van der Waals surface area contributed by atoms with E-state index in [4.69, 9.17) is 14.8 Å². The number of aryl methyl sites for hydroxylation is 2. The van der Waals surface area contributed by atoms with E-state index in [9.17, 15) is 9.90 Å². The van der Waals surface area contributed by atoms with Crippen molar-refractivity contribution in [2.24, 2.45) is 0 Å². The molecule has 0 amide bonds. The van der Waals surface area contributed by atoms with Gasteiger partial charge >= 0.3 is 5.97 Å². The van der Waals surface area contributed by atoms with Gasteiger partial charge in [0.2, 0.25) is 0 Å². The summed E-state index contributed by atoms with van der Waals surface area (Å²) in [6.45, 7) is 7.56. The molecule has 5 nitrogen and oxygen atoms in total. The fourth-order valence-corrected chi connectivity index (χ4v) is 3.44. The number of rotatable bonds is 6. The summed E-state index contributed by atoms with van der Waals surface area (Å²) in [6.07, 6.45) is 0.608. The minimum Gasteiger partial charge on any atom is -0.506 e. The van der Waals surface area contributed by atoms with Gasteiger partial charge in [0, 0.05) is 17.7 Å². The number of pyridine rings is 1. The molecule has 0 bridgehead atoms. The molecule has 0 aliphatic rings. The molecular formula is C24H25NO4. The molecule has 0 saturated heterocycles. The van der Waals surface area contributed by atoms with Crippen LogP contribution in [0.1, 0.15) is 33.5 Å². The van der Waals surface area contributed by atoms with Crippen molar-refractivity contribution < 1.29 is 19.7 Å². The van der Waals surface area contributed by atoms with Crippen LogP contribution in [0.4, 0.5) is 0 Å². The zero-order valence-corrected chi connectivity index (χ0v) is 17.1. The van der Waals surface area contributed by atoms with Crippen LogP contribution in [0.15, 0.2) is 42.5 Å². The van der Waals surface area contributed by atoms with Crippen LogP contribution in [0.3, 0.4) is 0 Å². The van der Waals surface area contributed by atoms with Gasteiger partial charge in [-0.3, -0.25) is 0 Å². The third kappa shape index (κ3) is 4.57. The van der Waals surface area contributed by atoms with Gasteiger partial charge in [0.15, 0.2) is 6.61 Å². The Morgan fingerprint density at radius 1 is 1.03 bits per heavy atom. The van der Waals surface area contributed by atoms with Crippen molar-refractivity contribution in [2.75, 3.05) is 6.61 Å². The minimum atomic E-state index is -0.999. The summed E-state index contributed by atoms with van der Waals surface area (Å²) >= 11 is 0. The van der Waals surface area contributed by atoms with E-state index in [1.165, 1.54) is 0 Å². The summed E-state index contributed by atoms with van der Waals surface area (Å²) in [5, 5.41) is 19.2. The summed E-state index contributed by atoms with van der Waals surface area (Å²) in [5.74, 6) is -0.257. The number of benzene rings is 2. The van der Waals surface area contributed by atoms with Crippen LogP contribution in [0.5, 0.6) is 11.5 Å². The number of carboxylic acids is 1. The highest BCUT2D eigenvalue weighted by Crippen LogP contribution is 2.31. The van der Waals surface area contributed by atoms with Crippen molar-refractivity contribution in [1.29, 1.82) is 0 Å². The van der Waals surface area contributed by atoms with E-state index in [2.05, 4.69) is 0 Å². The SMILES string of the molecule is Cc1cccc(-c2nc(Cc3c(C)cc(OCC(=O)O)c(C)c3C)ccc2O)c1. The van der Waals surface area contributed by atoms with Gasteiger partial charge < -0.3 is 14.9 Å². The third-order valence-electron chi connectivity index (χ3n) is 5.14. The lowest BCUT2D eigenvalue weighted by Crippen LogP contribution is -2.11. The zero-order valence-electron chi connectivity index (χ0n) is 17.1. The van der Waals surface area contributed by atoms with Gasteiger partial charge in [-0.2, -0.15) is 0 Å². The molecule has 0 saturated carbocycles. The van der Waals surface area contributed by atoms with Crippen molar-refractivity contribution in [3.8, 4) is 22.8 Å². The zero-order chi connectivity index (χ0) is 21.1. The molecule has 0 fully saturated rings. The van der Waals surface area contributed by atoms with Gasteiger partial charge in [-0.15, -0.1) is 0 Å². The van der Waals surface area contributed by atoms with Crippen LogP contribution in [0, 0.1) is 27.7 Å². The summed E-state index contributed by atoms with van der Waals surface area (Å²) in [7, 11) is 0. The van der Waals surface area contributed by atoms with Crippen molar-refractivity contribution in [3.63, 3.8) is 0 Å². The second-order valence-electron chi connectivity index (χ2n) is 7.32. The van der Waals surface area contributed by atoms with Crippen LogP contribution >= 0.6 is 0 Å². The smallest absolute Gasteiger partial charge is 0.341 e. The average molecular weight is 391 g/mol. The Hall–Kier alpha value is -3.34. The Morgan fingerprint density at radius 3 is 2.48 bits per heavy atom. The lowest BCUT2D eigenvalue weighted by Gasteiger charge is -2.17. The molecule has 150 valence electrons. The van der Waals surface area contributed by atoms with Crippen LogP contribution in [0.2, 0.25) is 0 Å². The number of ether oxygens (including phenoxy) is 1. The summed E-state index contributed by atoms with van der Waals surface area (Å²) in [6, 6.07) is 13.3. The quantitative estimate of drug-likeness (QED) is 0.634. The number of carbonyl (C=O) groups is 1. The number of aliphatic carboxylic acids is 1. The highest BCUT2D eigenvalue weighted by Gasteiger charge is 2.15. The van der Waals surface area contributed by atoms with E-state index >= 15 is 0 Å². The Morgan fingerprint density at radius 2 is 1.79 bits per heavy atom. The first-order valence-electron chi connectivity index (χ1n) is 9.46. The predicted molar refractivity (Wildman–Crippen MR) is 113 cm³/mol. The molecule has 0 radical (unpaired) electrons. The monoisotopic (exact) mass is 391 g/mol. The molecule has 1 heterocycles. The Balaban J connectivity index is 1.95. The highest BCUT2D eigenvalue weighted by molar-refractivity contribution is 5.69. The van der Waals surface area contributed by atoms with Gasteiger partial charge in [-0.05, 0) is 74.2 Å². The average Bonchev–Trinajstić information content (AvgIpc) is 2.68. The van der Waals surface area contributed by atoms with Crippen LogP contribution < -0.4 is 4.74 Å². The van der Waals surface area contributed by atoms with Crippen molar-refractivity contribution in [2.45, 2.75) is 34.1 Å². The normalized spacial score (nSPS) is 10.8.